The van der Waals surface area contributed by atoms with Crippen molar-refractivity contribution in [3.05, 3.63) is 52.6 Å². The standard InChI is InChI=1S/C15H16N2O/c1-11-6-8-12(9-7-11)15-10-16-13-4-2-3-5-14(13)17(15)18/h6-10H,2-5H2,1H3. The molecular weight excluding hydrogens is 224 g/mol. The largest absolute Gasteiger partial charge is 0.618 e. The van der Waals surface area contributed by atoms with Gasteiger partial charge in [0, 0.05) is 12.0 Å². The molecule has 2 aromatic rings. The van der Waals surface area contributed by atoms with Gasteiger partial charge in [-0.1, -0.05) is 17.7 Å². The van der Waals surface area contributed by atoms with Gasteiger partial charge in [0.15, 0.2) is 0 Å². The molecule has 3 rings (SSSR count). The summed E-state index contributed by atoms with van der Waals surface area (Å²) < 4.78 is 1.08. The van der Waals surface area contributed by atoms with E-state index >= 15 is 0 Å². The maximum atomic E-state index is 12.4. The van der Waals surface area contributed by atoms with Crippen molar-refractivity contribution in [1.82, 2.24) is 4.98 Å². The number of hydrogen-bond acceptors (Lipinski definition) is 2. The van der Waals surface area contributed by atoms with Crippen molar-refractivity contribution < 1.29 is 4.73 Å². The van der Waals surface area contributed by atoms with E-state index in [2.05, 4.69) is 4.98 Å². The van der Waals surface area contributed by atoms with E-state index in [0.717, 1.165) is 47.4 Å². The summed E-state index contributed by atoms with van der Waals surface area (Å²) in [5, 5.41) is 12.4. The summed E-state index contributed by atoms with van der Waals surface area (Å²) in [4.78, 5) is 4.46. The number of nitrogens with zero attached hydrogens (tertiary/aromatic N) is 2. The number of aromatic nitrogens is 2. The zero-order chi connectivity index (χ0) is 12.5. The second-order valence-corrected chi connectivity index (χ2v) is 4.90. The number of fused-ring (bicyclic) bond motifs is 1. The summed E-state index contributed by atoms with van der Waals surface area (Å²) in [6, 6.07) is 8.01. The molecule has 1 heterocycles. The minimum Gasteiger partial charge on any atom is -0.618 e. The predicted octanol–water partition coefficient (Wildman–Crippen LogP) is 2.57. The van der Waals surface area contributed by atoms with Gasteiger partial charge in [0.25, 0.3) is 0 Å². The third-order valence-electron chi connectivity index (χ3n) is 3.56. The van der Waals surface area contributed by atoms with E-state index in [0.29, 0.717) is 5.69 Å². The molecule has 0 unspecified atom stereocenters. The summed E-state index contributed by atoms with van der Waals surface area (Å²) in [7, 11) is 0. The zero-order valence-corrected chi connectivity index (χ0v) is 10.5. The molecule has 3 heteroatoms. The van der Waals surface area contributed by atoms with Crippen LogP contribution in [-0.4, -0.2) is 4.98 Å². The Bertz CT molecular complexity index is 576. The second-order valence-electron chi connectivity index (χ2n) is 4.90. The quantitative estimate of drug-likeness (QED) is 0.567. The summed E-state index contributed by atoms with van der Waals surface area (Å²) in [6.45, 7) is 2.04. The smallest absolute Gasteiger partial charge is 0.242 e. The van der Waals surface area contributed by atoms with Crippen LogP contribution >= 0.6 is 0 Å². The highest BCUT2D eigenvalue weighted by atomic mass is 16.5. The van der Waals surface area contributed by atoms with Crippen molar-refractivity contribution in [3.63, 3.8) is 0 Å². The lowest BCUT2D eigenvalue weighted by Gasteiger charge is -2.16. The fourth-order valence-electron chi connectivity index (χ4n) is 2.48. The molecule has 1 aliphatic rings. The molecule has 1 aromatic heterocycles. The molecule has 0 aliphatic heterocycles. The SMILES string of the molecule is Cc1ccc(-c2cnc3c([n+]2[O-])CCCC3)cc1. The summed E-state index contributed by atoms with van der Waals surface area (Å²) in [5.41, 5.74) is 4.64. The maximum Gasteiger partial charge on any atom is 0.242 e. The minimum atomic E-state index is 0.663. The van der Waals surface area contributed by atoms with Crippen LogP contribution in [0, 0.1) is 12.1 Å². The first-order valence-electron chi connectivity index (χ1n) is 6.43. The highest BCUT2D eigenvalue weighted by molar-refractivity contribution is 5.55. The Morgan fingerprint density at radius 2 is 1.83 bits per heavy atom. The van der Waals surface area contributed by atoms with Crippen molar-refractivity contribution in [1.29, 1.82) is 0 Å². The van der Waals surface area contributed by atoms with Crippen LogP contribution in [0.5, 0.6) is 0 Å². The highest BCUT2D eigenvalue weighted by Gasteiger charge is 2.22. The van der Waals surface area contributed by atoms with Gasteiger partial charge in [0.1, 0.15) is 11.9 Å². The molecule has 0 amide bonds. The van der Waals surface area contributed by atoms with Crippen LogP contribution in [0.15, 0.2) is 30.5 Å². The third-order valence-corrected chi connectivity index (χ3v) is 3.56. The van der Waals surface area contributed by atoms with E-state index in [1.54, 1.807) is 6.20 Å². The lowest BCUT2D eigenvalue weighted by molar-refractivity contribution is -0.604. The normalized spacial score (nSPS) is 14.3. The first-order valence-corrected chi connectivity index (χ1v) is 6.43. The molecule has 0 radical (unpaired) electrons. The summed E-state index contributed by atoms with van der Waals surface area (Å²) in [6.07, 6.45) is 5.73. The molecule has 0 atom stereocenters. The average molecular weight is 240 g/mol. The van der Waals surface area contributed by atoms with Crippen LogP contribution in [0.2, 0.25) is 0 Å². The zero-order valence-electron chi connectivity index (χ0n) is 10.5. The lowest BCUT2D eigenvalue weighted by atomic mass is 10.00. The van der Waals surface area contributed by atoms with E-state index in [9.17, 15) is 5.21 Å². The van der Waals surface area contributed by atoms with E-state index in [-0.39, 0.29) is 0 Å². The van der Waals surface area contributed by atoms with Crippen molar-refractivity contribution >= 4 is 0 Å². The number of aryl methyl sites for hydroxylation is 2. The van der Waals surface area contributed by atoms with Crippen LogP contribution in [0.3, 0.4) is 0 Å². The van der Waals surface area contributed by atoms with Gasteiger partial charge >= 0.3 is 0 Å². The van der Waals surface area contributed by atoms with Crippen molar-refractivity contribution in [3.8, 4) is 11.3 Å². The molecule has 0 N–H and O–H groups in total. The molecular formula is C15H16N2O. The topological polar surface area (TPSA) is 39.8 Å². The van der Waals surface area contributed by atoms with E-state index in [4.69, 9.17) is 0 Å². The Morgan fingerprint density at radius 1 is 1.11 bits per heavy atom. The number of benzene rings is 1. The third kappa shape index (κ3) is 1.86. The number of rotatable bonds is 1. The Labute approximate surface area is 107 Å². The van der Waals surface area contributed by atoms with Gasteiger partial charge in [-0.15, -0.1) is 0 Å². The van der Waals surface area contributed by atoms with Crippen LogP contribution in [-0.2, 0) is 12.8 Å². The molecule has 0 fully saturated rings. The Morgan fingerprint density at radius 3 is 2.61 bits per heavy atom. The van der Waals surface area contributed by atoms with Gasteiger partial charge in [-0.25, -0.2) is 4.98 Å². The van der Waals surface area contributed by atoms with Crippen molar-refractivity contribution in [2.24, 2.45) is 0 Å². The molecule has 18 heavy (non-hydrogen) atoms. The fourth-order valence-corrected chi connectivity index (χ4v) is 2.48. The summed E-state index contributed by atoms with van der Waals surface area (Å²) in [5.74, 6) is 0. The monoisotopic (exact) mass is 240 g/mol. The first kappa shape index (κ1) is 11.2. The molecule has 3 nitrogen and oxygen atoms in total. The minimum absolute atomic E-state index is 0.663. The van der Waals surface area contributed by atoms with E-state index in [1.807, 2.05) is 31.2 Å². The summed E-state index contributed by atoms with van der Waals surface area (Å²) >= 11 is 0. The van der Waals surface area contributed by atoms with Crippen LogP contribution in [0.1, 0.15) is 29.8 Å². The lowest BCUT2D eigenvalue weighted by Crippen LogP contribution is -2.37. The van der Waals surface area contributed by atoms with Crippen molar-refractivity contribution in [2.45, 2.75) is 32.6 Å². The highest BCUT2D eigenvalue weighted by Crippen LogP contribution is 2.20. The Balaban J connectivity index is 2.10. The fraction of sp³-hybridized carbons (Fsp3) is 0.333. The molecule has 0 spiro atoms. The second kappa shape index (κ2) is 4.41. The first-order chi connectivity index (χ1) is 8.75. The van der Waals surface area contributed by atoms with Crippen LogP contribution in [0.25, 0.3) is 11.3 Å². The molecule has 1 aromatic carbocycles. The molecule has 0 saturated heterocycles. The van der Waals surface area contributed by atoms with Gasteiger partial charge in [-0.2, -0.15) is 4.73 Å². The molecule has 1 aliphatic carbocycles. The molecule has 0 saturated carbocycles. The van der Waals surface area contributed by atoms with Crippen LogP contribution in [0.4, 0.5) is 0 Å². The van der Waals surface area contributed by atoms with Crippen molar-refractivity contribution in [2.75, 3.05) is 0 Å². The van der Waals surface area contributed by atoms with Gasteiger partial charge in [-0.3, -0.25) is 0 Å². The van der Waals surface area contributed by atoms with Crippen LogP contribution < -0.4 is 4.73 Å². The Kier molecular flexibility index (Phi) is 2.74. The van der Waals surface area contributed by atoms with Gasteiger partial charge in [-0.05, 0) is 38.3 Å². The molecule has 92 valence electrons. The maximum absolute atomic E-state index is 12.4. The molecule has 0 bridgehead atoms. The Hall–Kier alpha value is -1.90. The predicted molar refractivity (Wildman–Crippen MR) is 70.0 cm³/mol. The van der Waals surface area contributed by atoms with Gasteiger partial charge < -0.3 is 5.21 Å². The van der Waals surface area contributed by atoms with E-state index in [1.165, 1.54) is 5.56 Å². The average Bonchev–Trinajstić information content (AvgIpc) is 2.41. The van der Waals surface area contributed by atoms with E-state index < -0.39 is 0 Å². The van der Waals surface area contributed by atoms with Gasteiger partial charge in [0.2, 0.25) is 11.4 Å². The number of hydrogen-bond donors (Lipinski definition) is 0. The van der Waals surface area contributed by atoms with Gasteiger partial charge in [0.05, 0.1) is 0 Å².